The molecule has 0 aromatic rings. The Morgan fingerprint density at radius 3 is 2.42 bits per heavy atom. The molecule has 0 N–H and O–H groups in total. The van der Waals surface area contributed by atoms with Crippen LogP contribution in [0.1, 0.15) is 26.7 Å². The Kier molecular flexibility index (Phi) is 6.19. The van der Waals surface area contributed by atoms with Crippen molar-refractivity contribution in [3.05, 3.63) is 0 Å². The summed E-state index contributed by atoms with van der Waals surface area (Å²) in [5.74, 6) is 0.962. The van der Waals surface area contributed by atoms with E-state index in [-0.39, 0.29) is 0 Å². The highest BCUT2D eigenvalue weighted by atomic mass is 79.9. The van der Waals surface area contributed by atoms with E-state index in [1.807, 2.05) is 13.8 Å². The van der Waals surface area contributed by atoms with Crippen LogP contribution in [-0.2, 0) is 9.84 Å². The lowest BCUT2D eigenvalue weighted by Gasteiger charge is -2.08. The molecule has 0 aromatic carbocycles. The molecule has 0 aliphatic heterocycles. The molecular formula is C8H17BrO2S. The van der Waals surface area contributed by atoms with Gasteiger partial charge in [-0.1, -0.05) is 36.2 Å². The Balaban J connectivity index is 3.88. The Hall–Kier alpha value is 0.430. The molecule has 0 spiro atoms. The van der Waals surface area contributed by atoms with E-state index in [1.54, 1.807) is 0 Å². The standard InChI is InChI=1S/C8H17BrO2S/c1-3-8(2)7-12(10,11)6-4-5-9/h8H,3-7H2,1-2H3. The van der Waals surface area contributed by atoms with Crippen molar-refractivity contribution >= 4 is 25.8 Å². The van der Waals surface area contributed by atoms with Gasteiger partial charge in [-0.15, -0.1) is 0 Å². The van der Waals surface area contributed by atoms with Crippen LogP contribution in [0.3, 0.4) is 0 Å². The summed E-state index contributed by atoms with van der Waals surface area (Å²) in [4.78, 5) is 0. The maximum atomic E-state index is 11.3. The summed E-state index contributed by atoms with van der Waals surface area (Å²) < 4.78 is 22.7. The van der Waals surface area contributed by atoms with E-state index in [2.05, 4.69) is 15.9 Å². The molecule has 0 saturated carbocycles. The van der Waals surface area contributed by atoms with Crippen molar-refractivity contribution in [2.45, 2.75) is 26.7 Å². The first-order valence-corrected chi connectivity index (χ1v) is 7.22. The van der Waals surface area contributed by atoms with Crippen LogP contribution in [0, 0.1) is 5.92 Å². The molecular weight excluding hydrogens is 240 g/mol. The predicted molar refractivity (Wildman–Crippen MR) is 56.5 cm³/mol. The molecule has 1 unspecified atom stereocenters. The highest BCUT2D eigenvalue weighted by molar-refractivity contribution is 9.09. The monoisotopic (exact) mass is 256 g/mol. The number of halogens is 1. The molecule has 0 aromatic heterocycles. The summed E-state index contributed by atoms with van der Waals surface area (Å²) in [5, 5.41) is 0.771. The molecule has 0 heterocycles. The highest BCUT2D eigenvalue weighted by Gasteiger charge is 2.13. The smallest absolute Gasteiger partial charge is 0.150 e. The zero-order valence-corrected chi connectivity index (χ0v) is 10.1. The Bertz CT molecular complexity index is 199. The van der Waals surface area contributed by atoms with Gasteiger partial charge in [-0.05, 0) is 12.3 Å². The van der Waals surface area contributed by atoms with Crippen LogP contribution >= 0.6 is 15.9 Å². The lowest BCUT2D eigenvalue weighted by Crippen LogP contribution is -2.16. The lowest BCUT2D eigenvalue weighted by atomic mass is 10.2. The van der Waals surface area contributed by atoms with Crippen molar-refractivity contribution in [3.8, 4) is 0 Å². The topological polar surface area (TPSA) is 34.1 Å². The fraction of sp³-hybridized carbons (Fsp3) is 1.00. The molecule has 12 heavy (non-hydrogen) atoms. The van der Waals surface area contributed by atoms with E-state index in [1.165, 1.54) is 0 Å². The van der Waals surface area contributed by atoms with Crippen LogP contribution in [-0.4, -0.2) is 25.3 Å². The average Bonchev–Trinajstić information content (AvgIpc) is 2.00. The van der Waals surface area contributed by atoms with Crippen LogP contribution in [0.5, 0.6) is 0 Å². The van der Waals surface area contributed by atoms with Gasteiger partial charge in [-0.25, -0.2) is 8.42 Å². The van der Waals surface area contributed by atoms with E-state index >= 15 is 0 Å². The molecule has 0 rings (SSSR count). The third kappa shape index (κ3) is 6.00. The minimum atomic E-state index is -2.79. The second-order valence-electron chi connectivity index (χ2n) is 3.17. The van der Waals surface area contributed by atoms with Gasteiger partial charge in [0.15, 0.2) is 9.84 Å². The van der Waals surface area contributed by atoms with Crippen molar-refractivity contribution in [2.75, 3.05) is 16.8 Å². The van der Waals surface area contributed by atoms with E-state index in [9.17, 15) is 8.42 Å². The van der Waals surface area contributed by atoms with E-state index in [0.29, 0.717) is 17.4 Å². The first kappa shape index (κ1) is 12.4. The van der Waals surface area contributed by atoms with Gasteiger partial charge in [0.1, 0.15) is 0 Å². The van der Waals surface area contributed by atoms with E-state index in [4.69, 9.17) is 0 Å². The predicted octanol–water partition coefficient (Wildman–Crippen LogP) is 2.23. The molecule has 0 radical (unpaired) electrons. The average molecular weight is 257 g/mol. The minimum Gasteiger partial charge on any atom is -0.229 e. The second kappa shape index (κ2) is 5.97. The van der Waals surface area contributed by atoms with Crippen LogP contribution in [0.25, 0.3) is 0 Å². The van der Waals surface area contributed by atoms with E-state index < -0.39 is 9.84 Å². The van der Waals surface area contributed by atoms with Gasteiger partial charge in [-0.2, -0.15) is 0 Å². The van der Waals surface area contributed by atoms with Gasteiger partial charge in [0.25, 0.3) is 0 Å². The normalized spacial score (nSPS) is 14.6. The fourth-order valence-corrected chi connectivity index (χ4v) is 3.41. The van der Waals surface area contributed by atoms with Crippen molar-refractivity contribution < 1.29 is 8.42 Å². The molecule has 0 saturated heterocycles. The number of hydrogen-bond acceptors (Lipinski definition) is 2. The van der Waals surface area contributed by atoms with Gasteiger partial charge in [0.05, 0.1) is 11.5 Å². The molecule has 0 amide bonds. The quantitative estimate of drug-likeness (QED) is 0.684. The largest absolute Gasteiger partial charge is 0.229 e. The third-order valence-corrected chi connectivity index (χ3v) is 4.37. The molecule has 2 nitrogen and oxygen atoms in total. The summed E-state index contributed by atoms with van der Waals surface area (Å²) >= 11 is 3.22. The van der Waals surface area contributed by atoms with Crippen molar-refractivity contribution in [3.63, 3.8) is 0 Å². The maximum Gasteiger partial charge on any atom is 0.150 e. The number of rotatable bonds is 6. The molecule has 0 fully saturated rings. The van der Waals surface area contributed by atoms with Crippen LogP contribution in [0.15, 0.2) is 0 Å². The number of alkyl halides is 1. The summed E-state index contributed by atoms with van der Waals surface area (Å²) in [6, 6.07) is 0. The Morgan fingerprint density at radius 1 is 1.42 bits per heavy atom. The zero-order valence-electron chi connectivity index (χ0n) is 7.72. The fourth-order valence-electron chi connectivity index (χ4n) is 0.909. The number of hydrogen-bond donors (Lipinski definition) is 0. The van der Waals surface area contributed by atoms with Crippen molar-refractivity contribution in [2.24, 2.45) is 5.92 Å². The second-order valence-corrected chi connectivity index (χ2v) is 6.19. The zero-order chi connectivity index (χ0) is 9.61. The lowest BCUT2D eigenvalue weighted by molar-refractivity contribution is 0.563. The van der Waals surface area contributed by atoms with Gasteiger partial charge < -0.3 is 0 Å². The van der Waals surface area contributed by atoms with Gasteiger partial charge in [0.2, 0.25) is 0 Å². The number of sulfone groups is 1. The van der Waals surface area contributed by atoms with Crippen molar-refractivity contribution in [1.82, 2.24) is 0 Å². The maximum absolute atomic E-state index is 11.3. The molecule has 0 aliphatic carbocycles. The first-order chi connectivity index (χ1) is 5.52. The van der Waals surface area contributed by atoms with E-state index in [0.717, 1.165) is 18.2 Å². The molecule has 4 heteroatoms. The Labute approximate surface area is 83.8 Å². The van der Waals surface area contributed by atoms with Crippen molar-refractivity contribution in [1.29, 1.82) is 0 Å². The molecule has 1 atom stereocenters. The summed E-state index contributed by atoms with van der Waals surface area (Å²) in [7, 11) is -2.79. The highest BCUT2D eigenvalue weighted by Crippen LogP contribution is 2.07. The molecule has 0 bridgehead atoms. The molecule has 74 valence electrons. The minimum absolute atomic E-state index is 0.297. The Morgan fingerprint density at radius 2 is 2.00 bits per heavy atom. The summed E-state index contributed by atoms with van der Waals surface area (Å²) in [6.45, 7) is 4.00. The van der Waals surface area contributed by atoms with Crippen LogP contribution in [0.4, 0.5) is 0 Å². The van der Waals surface area contributed by atoms with Gasteiger partial charge in [0, 0.05) is 5.33 Å². The van der Waals surface area contributed by atoms with Crippen LogP contribution in [0.2, 0.25) is 0 Å². The first-order valence-electron chi connectivity index (χ1n) is 4.28. The van der Waals surface area contributed by atoms with Gasteiger partial charge in [-0.3, -0.25) is 0 Å². The third-order valence-electron chi connectivity index (χ3n) is 1.82. The van der Waals surface area contributed by atoms with Gasteiger partial charge >= 0.3 is 0 Å². The van der Waals surface area contributed by atoms with Crippen LogP contribution < -0.4 is 0 Å². The summed E-state index contributed by atoms with van der Waals surface area (Å²) in [5.41, 5.74) is 0. The summed E-state index contributed by atoms with van der Waals surface area (Å²) in [6.07, 6.45) is 1.66. The molecule has 0 aliphatic rings. The SMILES string of the molecule is CCC(C)CS(=O)(=O)CCCBr.